The van der Waals surface area contributed by atoms with Gasteiger partial charge in [0.25, 0.3) is 7.41 Å². The monoisotopic (exact) mass is 280 g/mol. The smallest absolute Gasteiger partial charge is 0.293 e. The Kier molecular flexibility index (Phi) is 3.95. The minimum absolute atomic E-state index is 0.841. The molecule has 2 heterocycles. The van der Waals surface area contributed by atoms with Crippen LogP contribution in [0.1, 0.15) is 0 Å². The first-order valence-corrected chi connectivity index (χ1v) is 5.98. The normalized spacial score (nSPS) is 17.2. The van der Waals surface area contributed by atoms with Gasteiger partial charge in [0, 0.05) is 36.8 Å². The van der Waals surface area contributed by atoms with Crippen LogP contribution in [0.4, 0.5) is 5.82 Å². The van der Waals surface area contributed by atoms with Gasteiger partial charge in [-0.3, -0.25) is 0 Å². The summed E-state index contributed by atoms with van der Waals surface area (Å²) in [5.41, 5.74) is 0. The van der Waals surface area contributed by atoms with E-state index in [9.17, 15) is 4.79 Å². The Bertz CT molecular complexity index is 352. The highest BCUT2D eigenvalue weighted by Crippen LogP contribution is 2.16. The predicted octanol–water partition coefficient (Wildman–Crippen LogP) is 0.775. The van der Waals surface area contributed by atoms with Crippen LogP contribution >= 0.6 is 15.9 Å². The second-order valence-corrected chi connectivity index (χ2v) is 4.56. The minimum Gasteiger partial charge on any atom is -0.354 e. The van der Waals surface area contributed by atoms with E-state index < -0.39 is 0 Å². The zero-order valence-electron chi connectivity index (χ0n) is 8.84. The van der Waals surface area contributed by atoms with Crippen molar-refractivity contribution < 1.29 is 4.79 Å². The quantitative estimate of drug-likeness (QED) is 0.606. The Morgan fingerprint density at radius 1 is 1.31 bits per heavy atom. The van der Waals surface area contributed by atoms with Crippen LogP contribution in [0, 0.1) is 0 Å². The lowest BCUT2D eigenvalue weighted by atomic mass is 9.93. The van der Waals surface area contributed by atoms with Gasteiger partial charge in [0.2, 0.25) is 0 Å². The molecular formula is C10H12BBrN3O. The lowest BCUT2D eigenvalue weighted by Crippen LogP contribution is -2.48. The van der Waals surface area contributed by atoms with E-state index >= 15 is 0 Å². The molecule has 0 aliphatic carbocycles. The molecule has 1 radical (unpaired) electrons. The van der Waals surface area contributed by atoms with Crippen LogP contribution in [0.15, 0.2) is 22.8 Å². The summed E-state index contributed by atoms with van der Waals surface area (Å²) >= 11 is 3.37. The molecule has 1 fully saturated rings. The molecule has 0 atom stereocenters. The number of hydrogen-bond acceptors (Lipinski definition) is 4. The summed E-state index contributed by atoms with van der Waals surface area (Å²) < 4.78 is 0.990. The number of pyridine rings is 1. The average Bonchev–Trinajstić information content (AvgIpc) is 2.32. The number of piperazine rings is 1. The van der Waals surface area contributed by atoms with E-state index in [4.69, 9.17) is 0 Å². The van der Waals surface area contributed by atoms with Gasteiger partial charge in [0.15, 0.2) is 0 Å². The summed E-state index contributed by atoms with van der Waals surface area (Å²) in [6, 6.07) is 4.00. The first-order valence-electron chi connectivity index (χ1n) is 5.19. The zero-order valence-corrected chi connectivity index (χ0v) is 10.4. The van der Waals surface area contributed by atoms with Gasteiger partial charge in [-0.1, -0.05) is 0 Å². The molecule has 0 N–H and O–H groups in total. The van der Waals surface area contributed by atoms with Crippen molar-refractivity contribution in [3.63, 3.8) is 0 Å². The van der Waals surface area contributed by atoms with Crippen molar-refractivity contribution in [1.29, 1.82) is 0 Å². The van der Waals surface area contributed by atoms with Gasteiger partial charge >= 0.3 is 0 Å². The number of halogens is 1. The number of aromatic nitrogens is 1. The molecule has 1 aromatic heterocycles. The van der Waals surface area contributed by atoms with Crippen molar-refractivity contribution in [2.75, 3.05) is 31.1 Å². The molecular weight excluding hydrogens is 269 g/mol. The third-order valence-corrected chi connectivity index (χ3v) is 3.09. The van der Waals surface area contributed by atoms with Crippen LogP contribution in [0.5, 0.6) is 0 Å². The van der Waals surface area contributed by atoms with Gasteiger partial charge in [-0.15, -0.1) is 0 Å². The Labute approximate surface area is 104 Å². The highest BCUT2D eigenvalue weighted by molar-refractivity contribution is 9.10. The molecule has 83 valence electrons. The van der Waals surface area contributed by atoms with Gasteiger partial charge in [0.05, 0.1) is 6.19 Å². The van der Waals surface area contributed by atoms with Gasteiger partial charge in [-0.25, -0.2) is 4.98 Å². The molecule has 1 aliphatic rings. The number of nitrogens with zero attached hydrogens (tertiary/aromatic N) is 3. The molecule has 0 spiro atoms. The molecule has 2 rings (SSSR count). The SMILES string of the molecule is O=C[B]N1CCN(c2ccc(Br)cn2)CC1. The van der Waals surface area contributed by atoms with Crippen LogP contribution in [-0.2, 0) is 4.79 Å². The van der Waals surface area contributed by atoms with Gasteiger partial charge in [-0.05, 0) is 28.1 Å². The second kappa shape index (κ2) is 5.45. The largest absolute Gasteiger partial charge is 0.354 e. The summed E-state index contributed by atoms with van der Waals surface area (Å²) in [7, 11) is 1.60. The zero-order chi connectivity index (χ0) is 11.4. The molecule has 1 aromatic rings. The van der Waals surface area contributed by atoms with Gasteiger partial charge in [-0.2, -0.15) is 0 Å². The van der Waals surface area contributed by atoms with Crippen LogP contribution in [0.25, 0.3) is 0 Å². The summed E-state index contributed by atoms with van der Waals surface area (Å²) in [6.07, 6.45) is 2.65. The van der Waals surface area contributed by atoms with Crippen LogP contribution in [-0.4, -0.2) is 49.6 Å². The molecule has 0 bridgehead atoms. The third kappa shape index (κ3) is 2.83. The summed E-state index contributed by atoms with van der Waals surface area (Å²) in [6.45, 7) is 3.55. The number of carbonyl (C=O) groups is 1. The fraction of sp³-hybridized carbons (Fsp3) is 0.400. The van der Waals surface area contributed by atoms with E-state index in [0.717, 1.165) is 42.7 Å². The van der Waals surface area contributed by atoms with Crippen LogP contribution < -0.4 is 4.90 Å². The van der Waals surface area contributed by atoms with Gasteiger partial charge in [0.1, 0.15) is 5.82 Å². The maximum atomic E-state index is 10.3. The third-order valence-electron chi connectivity index (χ3n) is 2.62. The fourth-order valence-electron chi connectivity index (χ4n) is 1.74. The number of anilines is 1. The Morgan fingerprint density at radius 2 is 2.06 bits per heavy atom. The van der Waals surface area contributed by atoms with E-state index in [1.54, 1.807) is 13.6 Å². The lowest BCUT2D eigenvalue weighted by molar-refractivity contribution is 0.408. The van der Waals surface area contributed by atoms with E-state index in [1.807, 2.05) is 16.9 Å². The number of hydrogen-bond donors (Lipinski definition) is 0. The highest BCUT2D eigenvalue weighted by atomic mass is 79.9. The maximum absolute atomic E-state index is 10.3. The minimum atomic E-state index is 0.841. The summed E-state index contributed by atoms with van der Waals surface area (Å²) in [4.78, 5) is 18.9. The predicted molar refractivity (Wildman–Crippen MR) is 68.2 cm³/mol. The molecule has 6 heteroatoms. The van der Waals surface area contributed by atoms with E-state index in [2.05, 4.69) is 25.8 Å². The molecule has 0 unspecified atom stereocenters. The summed E-state index contributed by atoms with van der Waals surface area (Å²) in [5.74, 6) is 0.994. The molecule has 0 amide bonds. The van der Waals surface area contributed by atoms with E-state index in [0.29, 0.717) is 0 Å². The first kappa shape index (κ1) is 11.6. The number of carbonyl (C=O) groups excluding carboxylic acids is 1. The van der Waals surface area contributed by atoms with E-state index in [1.165, 1.54) is 0 Å². The number of rotatable bonds is 3. The van der Waals surface area contributed by atoms with Crippen molar-refractivity contribution in [2.45, 2.75) is 0 Å². The molecule has 4 nitrogen and oxygen atoms in total. The summed E-state index contributed by atoms with van der Waals surface area (Å²) in [5, 5.41) is 0. The Hall–Kier alpha value is -0.875. The molecule has 1 aliphatic heterocycles. The second-order valence-electron chi connectivity index (χ2n) is 3.64. The van der Waals surface area contributed by atoms with Crippen LogP contribution in [0.2, 0.25) is 0 Å². The molecule has 1 saturated heterocycles. The Balaban J connectivity index is 1.93. The maximum Gasteiger partial charge on any atom is 0.293 e. The van der Waals surface area contributed by atoms with Crippen molar-refractivity contribution >= 4 is 35.3 Å². The molecule has 16 heavy (non-hydrogen) atoms. The van der Waals surface area contributed by atoms with Crippen molar-refractivity contribution in [3.05, 3.63) is 22.8 Å². The standard InChI is InChI=1S/C10H12BBrN3O/c12-9-1-2-10(13-7-9)14-3-5-15(6-4-14)11-8-16/h1-2,7-8H,3-6H2. The molecule has 0 aromatic carbocycles. The average molecular weight is 281 g/mol. The Morgan fingerprint density at radius 3 is 2.62 bits per heavy atom. The lowest BCUT2D eigenvalue weighted by Gasteiger charge is -2.34. The van der Waals surface area contributed by atoms with Crippen LogP contribution in [0.3, 0.4) is 0 Å². The fourth-order valence-corrected chi connectivity index (χ4v) is 1.98. The van der Waals surface area contributed by atoms with Crippen molar-refractivity contribution in [1.82, 2.24) is 9.79 Å². The van der Waals surface area contributed by atoms with Crippen molar-refractivity contribution in [3.8, 4) is 0 Å². The van der Waals surface area contributed by atoms with Crippen molar-refractivity contribution in [2.24, 2.45) is 0 Å². The first-order chi connectivity index (χ1) is 7.79. The highest BCUT2D eigenvalue weighted by Gasteiger charge is 2.17. The van der Waals surface area contributed by atoms with E-state index in [-0.39, 0.29) is 0 Å². The topological polar surface area (TPSA) is 36.4 Å². The molecule has 0 saturated carbocycles. The van der Waals surface area contributed by atoms with Gasteiger partial charge < -0.3 is 14.5 Å².